The largest absolute Gasteiger partial charge is 0.351 e. The topological polar surface area (TPSA) is 77.2 Å². The van der Waals surface area contributed by atoms with Gasteiger partial charge in [0.05, 0.1) is 0 Å². The van der Waals surface area contributed by atoms with Crippen molar-refractivity contribution in [1.82, 2.24) is 10.3 Å². The zero-order chi connectivity index (χ0) is 17.4. The summed E-state index contributed by atoms with van der Waals surface area (Å²) in [5, 5.41) is 7.10. The van der Waals surface area contributed by atoms with Crippen LogP contribution in [0.4, 0.5) is 16.2 Å². The lowest BCUT2D eigenvalue weighted by molar-refractivity contribution is 0.102. The van der Waals surface area contributed by atoms with E-state index < -0.39 is 0 Å². The van der Waals surface area contributed by atoms with E-state index in [9.17, 15) is 9.59 Å². The van der Waals surface area contributed by atoms with Gasteiger partial charge < -0.3 is 15.6 Å². The third-order valence-corrected chi connectivity index (χ3v) is 4.36. The van der Waals surface area contributed by atoms with Crippen LogP contribution in [0.25, 0.3) is 10.9 Å². The van der Waals surface area contributed by atoms with Gasteiger partial charge >= 0.3 is 6.03 Å². The van der Waals surface area contributed by atoms with E-state index in [1.54, 1.807) is 35.2 Å². The van der Waals surface area contributed by atoms with E-state index in [1.165, 1.54) is 0 Å². The summed E-state index contributed by atoms with van der Waals surface area (Å²) in [6.07, 6.45) is 0. The summed E-state index contributed by atoms with van der Waals surface area (Å²) >= 11 is 5.97. The molecule has 1 aromatic heterocycles. The zero-order valence-corrected chi connectivity index (χ0v) is 13.9. The van der Waals surface area contributed by atoms with Gasteiger partial charge in [0, 0.05) is 40.4 Å². The highest BCUT2D eigenvalue weighted by atomic mass is 35.5. The minimum absolute atomic E-state index is 0.103. The van der Waals surface area contributed by atoms with Gasteiger partial charge in [0.15, 0.2) is 0 Å². The number of halogens is 1. The molecule has 4 rings (SSSR count). The zero-order valence-electron chi connectivity index (χ0n) is 13.2. The first-order valence-corrected chi connectivity index (χ1v) is 8.23. The van der Waals surface area contributed by atoms with Crippen molar-refractivity contribution < 1.29 is 9.59 Å². The normalized spacial score (nSPS) is 14.0. The molecule has 1 aliphatic rings. The van der Waals surface area contributed by atoms with Crippen molar-refractivity contribution in [2.45, 2.75) is 0 Å². The van der Waals surface area contributed by atoms with Gasteiger partial charge in [-0.15, -0.1) is 0 Å². The number of nitrogens with zero attached hydrogens (tertiary/aromatic N) is 1. The molecule has 0 bridgehead atoms. The van der Waals surface area contributed by atoms with Crippen molar-refractivity contribution >= 4 is 45.8 Å². The van der Waals surface area contributed by atoms with Crippen LogP contribution in [0.3, 0.4) is 0 Å². The molecule has 3 aromatic rings. The van der Waals surface area contributed by atoms with Gasteiger partial charge in [-0.25, -0.2) is 4.79 Å². The molecule has 3 amide bonds. The maximum absolute atomic E-state index is 12.4. The van der Waals surface area contributed by atoms with Gasteiger partial charge in [-0.2, -0.15) is 0 Å². The SMILES string of the molecule is O=C(Nc1ccc(N2CCNC2=O)cc1)c1cc2cc(Cl)ccc2[nH]1. The second-order valence-corrected chi connectivity index (χ2v) is 6.24. The molecule has 0 atom stereocenters. The number of aromatic amines is 1. The molecule has 0 saturated carbocycles. The number of urea groups is 1. The predicted molar refractivity (Wildman–Crippen MR) is 98.4 cm³/mol. The summed E-state index contributed by atoms with van der Waals surface area (Å²) in [6, 6.07) is 14.3. The molecule has 0 spiro atoms. The van der Waals surface area contributed by atoms with Crippen LogP contribution in [0.15, 0.2) is 48.5 Å². The van der Waals surface area contributed by atoms with E-state index in [2.05, 4.69) is 15.6 Å². The first-order chi connectivity index (χ1) is 12.1. The fourth-order valence-electron chi connectivity index (χ4n) is 2.87. The number of hydrogen-bond donors (Lipinski definition) is 3. The Bertz CT molecular complexity index is 965. The number of amides is 3. The predicted octanol–water partition coefficient (Wildman–Crippen LogP) is 3.60. The van der Waals surface area contributed by atoms with Crippen LogP contribution in [0.2, 0.25) is 5.02 Å². The number of rotatable bonds is 3. The van der Waals surface area contributed by atoms with Gasteiger partial charge in [0.1, 0.15) is 5.69 Å². The molecule has 2 aromatic carbocycles. The van der Waals surface area contributed by atoms with Gasteiger partial charge in [-0.05, 0) is 48.5 Å². The monoisotopic (exact) mass is 354 g/mol. The van der Waals surface area contributed by atoms with Gasteiger partial charge in [0.2, 0.25) is 0 Å². The number of carbonyl (C=O) groups excluding carboxylic acids is 2. The standard InChI is InChI=1S/C18H15ClN4O2/c19-12-1-6-15-11(9-12)10-16(22-15)17(24)21-13-2-4-14(5-3-13)23-8-7-20-18(23)25/h1-6,9-10,22H,7-8H2,(H,20,25)(H,21,24). The number of hydrogen-bond acceptors (Lipinski definition) is 2. The maximum atomic E-state index is 12.4. The molecule has 1 saturated heterocycles. The molecular formula is C18H15ClN4O2. The highest BCUT2D eigenvalue weighted by Gasteiger charge is 2.20. The highest BCUT2D eigenvalue weighted by Crippen LogP contribution is 2.22. The Hall–Kier alpha value is -2.99. The van der Waals surface area contributed by atoms with Crippen LogP contribution in [-0.2, 0) is 0 Å². The highest BCUT2D eigenvalue weighted by molar-refractivity contribution is 6.31. The number of H-pyrrole nitrogens is 1. The molecule has 1 aliphatic heterocycles. The maximum Gasteiger partial charge on any atom is 0.321 e. The molecule has 0 aliphatic carbocycles. The molecule has 1 fully saturated rings. The van der Waals surface area contributed by atoms with Gasteiger partial charge in [-0.1, -0.05) is 11.6 Å². The molecule has 25 heavy (non-hydrogen) atoms. The van der Waals surface area contributed by atoms with Gasteiger partial charge in [0.25, 0.3) is 5.91 Å². The van der Waals surface area contributed by atoms with E-state index in [1.807, 2.05) is 18.2 Å². The third kappa shape index (κ3) is 3.04. The van der Waals surface area contributed by atoms with Crippen molar-refractivity contribution in [2.75, 3.05) is 23.3 Å². The quantitative estimate of drug-likeness (QED) is 0.672. The van der Waals surface area contributed by atoms with E-state index in [0.717, 1.165) is 16.6 Å². The Morgan fingerprint density at radius 3 is 2.64 bits per heavy atom. The minimum atomic E-state index is -0.237. The Kier molecular flexibility index (Phi) is 3.82. The molecule has 126 valence electrons. The number of benzene rings is 2. The number of anilines is 2. The first-order valence-electron chi connectivity index (χ1n) is 7.85. The fourth-order valence-corrected chi connectivity index (χ4v) is 3.05. The Balaban J connectivity index is 1.50. The smallest absolute Gasteiger partial charge is 0.321 e. The Morgan fingerprint density at radius 2 is 1.92 bits per heavy atom. The molecule has 3 N–H and O–H groups in total. The second kappa shape index (κ2) is 6.14. The molecular weight excluding hydrogens is 340 g/mol. The van der Waals surface area contributed by atoms with E-state index >= 15 is 0 Å². The minimum Gasteiger partial charge on any atom is -0.351 e. The molecule has 2 heterocycles. The van der Waals surface area contributed by atoms with Crippen molar-refractivity contribution in [3.63, 3.8) is 0 Å². The van der Waals surface area contributed by atoms with E-state index in [0.29, 0.717) is 29.5 Å². The van der Waals surface area contributed by atoms with Crippen LogP contribution in [0, 0.1) is 0 Å². The number of fused-ring (bicyclic) bond motifs is 1. The number of carbonyl (C=O) groups is 2. The molecule has 7 heteroatoms. The van der Waals surface area contributed by atoms with Crippen LogP contribution in [0.1, 0.15) is 10.5 Å². The lowest BCUT2D eigenvalue weighted by Gasteiger charge is -2.14. The van der Waals surface area contributed by atoms with Crippen LogP contribution in [0.5, 0.6) is 0 Å². The molecule has 0 radical (unpaired) electrons. The van der Waals surface area contributed by atoms with Crippen molar-refractivity contribution in [3.8, 4) is 0 Å². The second-order valence-electron chi connectivity index (χ2n) is 5.80. The van der Waals surface area contributed by atoms with E-state index in [4.69, 9.17) is 11.6 Å². The lowest BCUT2D eigenvalue weighted by atomic mass is 10.2. The summed E-state index contributed by atoms with van der Waals surface area (Å²) in [5.74, 6) is -0.237. The van der Waals surface area contributed by atoms with Crippen molar-refractivity contribution in [1.29, 1.82) is 0 Å². The van der Waals surface area contributed by atoms with E-state index in [-0.39, 0.29) is 11.9 Å². The number of nitrogens with one attached hydrogen (secondary N) is 3. The summed E-state index contributed by atoms with van der Waals surface area (Å²) in [6.45, 7) is 1.28. The average molecular weight is 355 g/mol. The third-order valence-electron chi connectivity index (χ3n) is 4.12. The van der Waals surface area contributed by atoms with Gasteiger partial charge in [-0.3, -0.25) is 9.69 Å². The van der Waals surface area contributed by atoms with Crippen LogP contribution >= 0.6 is 11.6 Å². The summed E-state index contributed by atoms with van der Waals surface area (Å²) in [7, 11) is 0. The fraction of sp³-hybridized carbons (Fsp3) is 0.111. The Labute approximate surface area is 148 Å². The number of aromatic nitrogens is 1. The Morgan fingerprint density at radius 1 is 1.12 bits per heavy atom. The lowest BCUT2D eigenvalue weighted by Crippen LogP contribution is -2.27. The summed E-state index contributed by atoms with van der Waals surface area (Å²) < 4.78 is 0. The van der Waals surface area contributed by atoms with Crippen molar-refractivity contribution in [3.05, 3.63) is 59.2 Å². The van der Waals surface area contributed by atoms with Crippen LogP contribution < -0.4 is 15.5 Å². The van der Waals surface area contributed by atoms with Crippen molar-refractivity contribution in [2.24, 2.45) is 0 Å². The molecule has 6 nitrogen and oxygen atoms in total. The summed E-state index contributed by atoms with van der Waals surface area (Å²) in [4.78, 5) is 28.8. The average Bonchev–Trinajstić information content (AvgIpc) is 3.21. The first kappa shape index (κ1) is 15.5. The molecule has 0 unspecified atom stereocenters. The summed E-state index contributed by atoms with van der Waals surface area (Å²) in [5.41, 5.74) is 2.77. The van der Waals surface area contributed by atoms with Crippen LogP contribution in [-0.4, -0.2) is 30.0 Å².